The standard InChI is InChI=1S/C18H20ClNO4S/c19-16-11-14(12-17-18(16)24-9-4-8-23-17)13-20-7-10-25(21,22)15-5-2-1-3-6-15/h1-3,5-6,11-12,20H,4,7-10,13H2. The highest BCUT2D eigenvalue weighted by Gasteiger charge is 2.16. The fraction of sp³-hybridized carbons (Fsp3) is 0.333. The predicted molar refractivity (Wildman–Crippen MR) is 97.3 cm³/mol. The molecular weight excluding hydrogens is 362 g/mol. The molecule has 7 heteroatoms. The van der Waals surface area contributed by atoms with Gasteiger partial charge in [0.15, 0.2) is 21.3 Å². The molecule has 0 spiro atoms. The number of hydrogen-bond acceptors (Lipinski definition) is 5. The molecule has 5 nitrogen and oxygen atoms in total. The molecule has 0 radical (unpaired) electrons. The van der Waals surface area contributed by atoms with Crippen LogP contribution in [-0.2, 0) is 16.4 Å². The monoisotopic (exact) mass is 381 g/mol. The molecule has 0 fully saturated rings. The summed E-state index contributed by atoms with van der Waals surface area (Å²) in [4.78, 5) is 0.343. The van der Waals surface area contributed by atoms with Crippen LogP contribution >= 0.6 is 11.6 Å². The first kappa shape index (κ1) is 18.0. The van der Waals surface area contributed by atoms with E-state index in [-0.39, 0.29) is 5.75 Å². The van der Waals surface area contributed by atoms with Gasteiger partial charge in [-0.2, -0.15) is 0 Å². The zero-order valence-electron chi connectivity index (χ0n) is 13.7. The Kier molecular flexibility index (Phi) is 5.83. The minimum absolute atomic E-state index is 0.0370. The summed E-state index contributed by atoms with van der Waals surface area (Å²) >= 11 is 6.26. The Morgan fingerprint density at radius 3 is 2.64 bits per heavy atom. The van der Waals surface area contributed by atoms with E-state index in [1.807, 2.05) is 12.1 Å². The van der Waals surface area contributed by atoms with E-state index in [4.69, 9.17) is 21.1 Å². The van der Waals surface area contributed by atoms with Gasteiger partial charge in [-0.1, -0.05) is 29.8 Å². The number of fused-ring (bicyclic) bond motifs is 1. The Hall–Kier alpha value is -1.76. The van der Waals surface area contributed by atoms with Crippen LogP contribution in [-0.4, -0.2) is 33.9 Å². The van der Waals surface area contributed by atoms with Crippen LogP contribution in [0.4, 0.5) is 0 Å². The zero-order chi connectivity index (χ0) is 17.7. The molecule has 2 aromatic carbocycles. The van der Waals surface area contributed by atoms with E-state index < -0.39 is 9.84 Å². The molecule has 0 amide bonds. The van der Waals surface area contributed by atoms with Crippen LogP contribution in [0.15, 0.2) is 47.4 Å². The summed E-state index contributed by atoms with van der Waals surface area (Å²) in [6.07, 6.45) is 0.815. The average molecular weight is 382 g/mol. The third-order valence-electron chi connectivity index (χ3n) is 3.84. The largest absolute Gasteiger partial charge is 0.489 e. The van der Waals surface area contributed by atoms with Crippen LogP contribution in [0.3, 0.4) is 0 Å². The van der Waals surface area contributed by atoms with E-state index in [9.17, 15) is 8.42 Å². The molecule has 1 aliphatic rings. The van der Waals surface area contributed by atoms with Crippen LogP contribution < -0.4 is 14.8 Å². The number of halogens is 1. The Balaban J connectivity index is 1.58. The highest BCUT2D eigenvalue weighted by Crippen LogP contribution is 2.37. The first-order valence-electron chi connectivity index (χ1n) is 8.13. The van der Waals surface area contributed by atoms with Gasteiger partial charge in [0.2, 0.25) is 0 Å². The van der Waals surface area contributed by atoms with Crippen molar-refractivity contribution in [3.05, 3.63) is 53.1 Å². The summed E-state index contributed by atoms with van der Waals surface area (Å²) in [6, 6.07) is 12.2. The van der Waals surface area contributed by atoms with Crippen LogP contribution in [0.2, 0.25) is 5.02 Å². The molecule has 2 aromatic rings. The average Bonchev–Trinajstić information content (AvgIpc) is 2.85. The van der Waals surface area contributed by atoms with E-state index in [1.165, 1.54) is 0 Å². The number of rotatable bonds is 6. The first-order chi connectivity index (χ1) is 12.1. The maximum absolute atomic E-state index is 12.2. The quantitative estimate of drug-likeness (QED) is 0.779. The molecule has 25 heavy (non-hydrogen) atoms. The first-order valence-corrected chi connectivity index (χ1v) is 10.2. The fourth-order valence-electron chi connectivity index (χ4n) is 2.57. The summed E-state index contributed by atoms with van der Waals surface area (Å²) in [6.45, 7) is 2.03. The summed E-state index contributed by atoms with van der Waals surface area (Å²) in [5.74, 6) is 1.25. The van der Waals surface area contributed by atoms with Crippen molar-refractivity contribution in [2.24, 2.45) is 0 Å². The summed E-state index contributed by atoms with van der Waals surface area (Å²) in [5.41, 5.74) is 0.923. The molecule has 0 bridgehead atoms. The van der Waals surface area contributed by atoms with Crippen LogP contribution in [0.25, 0.3) is 0 Å². The molecule has 0 unspecified atom stereocenters. The molecule has 134 valence electrons. The van der Waals surface area contributed by atoms with Crippen molar-refractivity contribution in [3.8, 4) is 11.5 Å². The highest BCUT2D eigenvalue weighted by atomic mass is 35.5. The van der Waals surface area contributed by atoms with E-state index >= 15 is 0 Å². The van der Waals surface area contributed by atoms with Gasteiger partial charge in [0.25, 0.3) is 0 Å². The smallest absolute Gasteiger partial charge is 0.179 e. The van der Waals surface area contributed by atoms with Gasteiger partial charge in [-0.05, 0) is 29.8 Å². The summed E-state index contributed by atoms with van der Waals surface area (Å²) in [5, 5.41) is 3.65. The SMILES string of the molecule is O=S(=O)(CCNCc1cc(Cl)c2c(c1)OCCCO2)c1ccccc1. The van der Waals surface area contributed by atoms with Crippen LogP contribution in [0, 0.1) is 0 Å². The Morgan fingerprint density at radius 2 is 1.84 bits per heavy atom. The molecule has 0 saturated heterocycles. The lowest BCUT2D eigenvalue weighted by atomic mass is 10.2. The van der Waals surface area contributed by atoms with E-state index in [2.05, 4.69) is 5.32 Å². The normalized spacial score (nSPS) is 14.1. The minimum atomic E-state index is -3.28. The van der Waals surface area contributed by atoms with Gasteiger partial charge in [0.05, 0.1) is 28.9 Å². The second kappa shape index (κ2) is 8.08. The maximum atomic E-state index is 12.2. The zero-order valence-corrected chi connectivity index (χ0v) is 15.3. The third-order valence-corrected chi connectivity index (χ3v) is 5.85. The number of hydrogen-bond donors (Lipinski definition) is 1. The second-order valence-electron chi connectivity index (χ2n) is 5.76. The topological polar surface area (TPSA) is 64.6 Å². The highest BCUT2D eigenvalue weighted by molar-refractivity contribution is 7.91. The van der Waals surface area contributed by atoms with Crippen LogP contribution in [0.1, 0.15) is 12.0 Å². The molecular formula is C18H20ClNO4S. The van der Waals surface area contributed by atoms with Crippen molar-refractivity contribution in [2.75, 3.05) is 25.5 Å². The van der Waals surface area contributed by atoms with Crippen molar-refractivity contribution >= 4 is 21.4 Å². The van der Waals surface area contributed by atoms with Gasteiger partial charge >= 0.3 is 0 Å². The number of nitrogens with one attached hydrogen (secondary N) is 1. The minimum Gasteiger partial charge on any atom is -0.489 e. The molecule has 0 saturated carbocycles. The summed E-state index contributed by atoms with van der Waals surface area (Å²) < 4.78 is 35.7. The fourth-order valence-corrected chi connectivity index (χ4v) is 4.08. The van der Waals surface area contributed by atoms with E-state index in [0.29, 0.717) is 47.7 Å². The lowest BCUT2D eigenvalue weighted by Crippen LogP contribution is -2.22. The van der Waals surface area contributed by atoms with E-state index in [1.54, 1.807) is 30.3 Å². The Bertz CT molecular complexity index is 824. The van der Waals surface area contributed by atoms with Gasteiger partial charge in [0.1, 0.15) is 0 Å². The van der Waals surface area contributed by atoms with Crippen LogP contribution in [0.5, 0.6) is 11.5 Å². The second-order valence-corrected chi connectivity index (χ2v) is 8.28. The molecule has 0 aromatic heterocycles. The van der Waals surface area contributed by atoms with Crippen molar-refractivity contribution in [1.29, 1.82) is 0 Å². The lowest BCUT2D eigenvalue weighted by molar-refractivity contribution is 0.297. The summed E-state index contributed by atoms with van der Waals surface area (Å²) in [7, 11) is -3.28. The van der Waals surface area contributed by atoms with Gasteiger partial charge < -0.3 is 14.8 Å². The Labute approximate surface area is 152 Å². The Morgan fingerprint density at radius 1 is 1.08 bits per heavy atom. The molecule has 0 atom stereocenters. The molecule has 1 aliphatic heterocycles. The van der Waals surface area contributed by atoms with Gasteiger partial charge in [-0.3, -0.25) is 0 Å². The van der Waals surface area contributed by atoms with Crippen molar-refractivity contribution in [1.82, 2.24) is 5.32 Å². The lowest BCUT2D eigenvalue weighted by Gasteiger charge is -2.12. The molecule has 1 N–H and O–H groups in total. The van der Waals surface area contributed by atoms with E-state index in [0.717, 1.165) is 12.0 Å². The third kappa shape index (κ3) is 4.66. The van der Waals surface area contributed by atoms with Gasteiger partial charge in [0, 0.05) is 19.5 Å². The predicted octanol–water partition coefficient (Wildman–Crippen LogP) is 3.06. The molecule has 0 aliphatic carbocycles. The van der Waals surface area contributed by atoms with Crippen molar-refractivity contribution in [2.45, 2.75) is 17.9 Å². The molecule has 3 rings (SSSR count). The number of ether oxygens (including phenoxy) is 2. The van der Waals surface area contributed by atoms with Crippen molar-refractivity contribution < 1.29 is 17.9 Å². The number of benzene rings is 2. The maximum Gasteiger partial charge on any atom is 0.179 e. The van der Waals surface area contributed by atoms with Gasteiger partial charge in [-0.15, -0.1) is 0 Å². The molecule has 1 heterocycles. The van der Waals surface area contributed by atoms with Gasteiger partial charge in [-0.25, -0.2) is 8.42 Å². The van der Waals surface area contributed by atoms with Crippen molar-refractivity contribution in [3.63, 3.8) is 0 Å². The number of sulfone groups is 1.